The molecule has 1 aromatic heterocycles. The number of aryl methyl sites for hydroxylation is 1. The minimum Gasteiger partial charge on any atom is -0.489 e. The molecule has 0 saturated carbocycles. The van der Waals surface area contributed by atoms with Gasteiger partial charge in [-0.25, -0.2) is 4.98 Å². The lowest BCUT2D eigenvalue weighted by molar-refractivity contribution is 0.305. The summed E-state index contributed by atoms with van der Waals surface area (Å²) >= 11 is 17.6. The highest BCUT2D eigenvalue weighted by Gasteiger charge is 2.04. The summed E-state index contributed by atoms with van der Waals surface area (Å²) in [5.74, 6) is 0.739. The lowest BCUT2D eigenvalue weighted by Crippen LogP contribution is -1.98. The molecule has 0 unspecified atom stereocenters. The second-order valence-electron chi connectivity index (χ2n) is 3.78. The van der Waals surface area contributed by atoms with Gasteiger partial charge in [-0.2, -0.15) is 0 Å². The molecule has 0 aliphatic carbocycles. The van der Waals surface area contributed by atoms with Crippen molar-refractivity contribution in [3.05, 3.63) is 56.8 Å². The molecule has 2 aromatic rings. The summed E-state index contributed by atoms with van der Waals surface area (Å²) in [6, 6.07) is 8.96. The largest absolute Gasteiger partial charge is 0.489 e. The maximum atomic E-state index is 5.96. The van der Waals surface area contributed by atoms with E-state index in [4.69, 9.17) is 39.5 Å². The van der Waals surface area contributed by atoms with Crippen LogP contribution in [0.3, 0.4) is 0 Å². The molecule has 0 aliphatic rings. The van der Waals surface area contributed by atoms with E-state index in [-0.39, 0.29) is 0 Å². The van der Waals surface area contributed by atoms with E-state index in [9.17, 15) is 0 Å². The van der Waals surface area contributed by atoms with Gasteiger partial charge in [-0.05, 0) is 42.8 Å². The van der Waals surface area contributed by atoms with E-state index in [1.165, 1.54) is 0 Å². The zero-order valence-electron chi connectivity index (χ0n) is 9.58. The molecule has 0 saturated heterocycles. The molecule has 0 bridgehead atoms. The third-order valence-electron chi connectivity index (χ3n) is 2.42. The Labute approximate surface area is 120 Å². The van der Waals surface area contributed by atoms with Gasteiger partial charge in [-0.1, -0.05) is 34.8 Å². The second kappa shape index (κ2) is 5.79. The number of hydrogen-bond acceptors (Lipinski definition) is 2. The molecule has 18 heavy (non-hydrogen) atoms. The van der Waals surface area contributed by atoms with Gasteiger partial charge in [-0.3, -0.25) is 0 Å². The van der Waals surface area contributed by atoms with Gasteiger partial charge in [0.05, 0.1) is 0 Å². The van der Waals surface area contributed by atoms with Gasteiger partial charge in [0.25, 0.3) is 0 Å². The predicted octanol–water partition coefficient (Wildman–Crippen LogP) is 4.93. The summed E-state index contributed by atoms with van der Waals surface area (Å²) in [6.45, 7) is 2.26. The van der Waals surface area contributed by atoms with Crippen molar-refractivity contribution < 1.29 is 4.74 Å². The van der Waals surface area contributed by atoms with Crippen molar-refractivity contribution in [3.63, 3.8) is 0 Å². The van der Waals surface area contributed by atoms with Crippen molar-refractivity contribution in [1.82, 2.24) is 4.98 Å². The maximum Gasteiger partial charge on any atom is 0.137 e. The first-order chi connectivity index (χ1) is 8.56. The number of ether oxygens (including phenoxy) is 1. The number of pyridine rings is 1. The van der Waals surface area contributed by atoms with E-state index >= 15 is 0 Å². The van der Waals surface area contributed by atoms with Crippen molar-refractivity contribution >= 4 is 34.8 Å². The van der Waals surface area contributed by atoms with Gasteiger partial charge < -0.3 is 4.74 Å². The highest BCUT2D eigenvalue weighted by molar-refractivity contribution is 6.32. The molecule has 0 atom stereocenters. The lowest BCUT2D eigenvalue weighted by Gasteiger charge is -2.08. The lowest BCUT2D eigenvalue weighted by atomic mass is 10.2. The number of halogens is 3. The first-order valence-corrected chi connectivity index (χ1v) is 6.39. The Morgan fingerprint density at radius 2 is 1.89 bits per heavy atom. The Morgan fingerprint density at radius 3 is 2.56 bits per heavy atom. The molecular formula is C13H10Cl3NO. The normalized spacial score (nSPS) is 10.4. The number of hydrogen-bond donors (Lipinski definition) is 0. The highest BCUT2D eigenvalue weighted by Crippen LogP contribution is 2.23. The fraction of sp³-hybridized carbons (Fsp3) is 0.154. The van der Waals surface area contributed by atoms with Gasteiger partial charge in [0.15, 0.2) is 0 Å². The van der Waals surface area contributed by atoms with Crippen LogP contribution < -0.4 is 4.74 Å². The topological polar surface area (TPSA) is 22.1 Å². The van der Waals surface area contributed by atoms with Crippen LogP contribution in [0.5, 0.6) is 5.75 Å². The smallest absolute Gasteiger partial charge is 0.137 e. The summed E-state index contributed by atoms with van der Waals surface area (Å²) < 4.78 is 5.62. The summed E-state index contributed by atoms with van der Waals surface area (Å²) in [5.41, 5.74) is 1.75. The molecule has 94 valence electrons. The number of aromatic nitrogens is 1. The third-order valence-corrected chi connectivity index (χ3v) is 3.38. The molecule has 1 aromatic carbocycles. The molecule has 0 N–H and O–H groups in total. The van der Waals surface area contributed by atoms with Crippen molar-refractivity contribution in [3.8, 4) is 5.75 Å². The average Bonchev–Trinajstić information content (AvgIpc) is 2.32. The average molecular weight is 303 g/mol. The SMILES string of the molecule is Cc1cc(OCc2ccc(Cl)nc2Cl)ccc1Cl. The molecule has 0 radical (unpaired) electrons. The predicted molar refractivity (Wildman–Crippen MR) is 74.8 cm³/mol. The molecule has 2 rings (SSSR count). The number of benzene rings is 1. The van der Waals surface area contributed by atoms with Gasteiger partial charge in [0, 0.05) is 10.6 Å². The molecule has 5 heteroatoms. The molecule has 1 heterocycles. The minimum absolute atomic E-state index is 0.337. The van der Waals surface area contributed by atoms with Crippen LogP contribution in [0.25, 0.3) is 0 Å². The molecular weight excluding hydrogens is 293 g/mol. The highest BCUT2D eigenvalue weighted by atomic mass is 35.5. The first kappa shape index (κ1) is 13.5. The third kappa shape index (κ3) is 3.29. The van der Waals surface area contributed by atoms with Crippen LogP contribution in [0.4, 0.5) is 0 Å². The summed E-state index contributed by atoms with van der Waals surface area (Å²) in [6.07, 6.45) is 0. The minimum atomic E-state index is 0.337. The van der Waals surface area contributed by atoms with Crippen molar-refractivity contribution in [1.29, 1.82) is 0 Å². The second-order valence-corrected chi connectivity index (χ2v) is 4.94. The van der Waals surface area contributed by atoms with Crippen molar-refractivity contribution in [2.24, 2.45) is 0 Å². The quantitative estimate of drug-likeness (QED) is 0.750. The van der Waals surface area contributed by atoms with E-state index in [2.05, 4.69) is 4.98 Å². The van der Waals surface area contributed by atoms with Crippen molar-refractivity contribution in [2.45, 2.75) is 13.5 Å². The Morgan fingerprint density at radius 1 is 1.11 bits per heavy atom. The van der Waals surface area contributed by atoms with Crippen LogP contribution in [0.2, 0.25) is 15.3 Å². The van der Waals surface area contributed by atoms with Crippen LogP contribution in [-0.2, 0) is 6.61 Å². The van der Waals surface area contributed by atoms with E-state index in [0.717, 1.165) is 16.9 Å². The van der Waals surface area contributed by atoms with Crippen LogP contribution in [0, 0.1) is 6.92 Å². The maximum absolute atomic E-state index is 5.96. The summed E-state index contributed by atoms with van der Waals surface area (Å²) in [7, 11) is 0. The fourth-order valence-corrected chi connectivity index (χ4v) is 1.93. The van der Waals surface area contributed by atoms with E-state index in [1.807, 2.05) is 19.1 Å². The molecule has 0 spiro atoms. The first-order valence-electron chi connectivity index (χ1n) is 5.26. The molecule has 0 fully saturated rings. The van der Waals surface area contributed by atoms with Gasteiger partial charge >= 0.3 is 0 Å². The zero-order chi connectivity index (χ0) is 13.1. The van der Waals surface area contributed by atoms with Crippen LogP contribution in [-0.4, -0.2) is 4.98 Å². The van der Waals surface area contributed by atoms with E-state index in [0.29, 0.717) is 21.9 Å². The van der Waals surface area contributed by atoms with Gasteiger partial charge in [0.1, 0.15) is 22.7 Å². The van der Waals surface area contributed by atoms with Crippen LogP contribution in [0.15, 0.2) is 30.3 Å². The van der Waals surface area contributed by atoms with Gasteiger partial charge in [-0.15, -0.1) is 0 Å². The Balaban J connectivity index is 2.09. The van der Waals surface area contributed by atoms with Gasteiger partial charge in [0.2, 0.25) is 0 Å². The number of rotatable bonds is 3. The van der Waals surface area contributed by atoms with Crippen molar-refractivity contribution in [2.75, 3.05) is 0 Å². The molecule has 2 nitrogen and oxygen atoms in total. The zero-order valence-corrected chi connectivity index (χ0v) is 11.9. The van der Waals surface area contributed by atoms with E-state index < -0.39 is 0 Å². The number of nitrogens with zero attached hydrogens (tertiary/aromatic N) is 1. The fourth-order valence-electron chi connectivity index (χ4n) is 1.42. The Kier molecular flexibility index (Phi) is 4.33. The Bertz CT molecular complexity index is 572. The van der Waals surface area contributed by atoms with Crippen LogP contribution >= 0.6 is 34.8 Å². The summed E-state index contributed by atoms with van der Waals surface area (Å²) in [4.78, 5) is 3.95. The Hall–Kier alpha value is -0.960. The standard InChI is InChI=1S/C13H10Cl3NO/c1-8-6-10(3-4-11(8)14)18-7-9-2-5-12(15)17-13(9)16/h2-6H,7H2,1H3. The summed E-state index contributed by atoms with van der Waals surface area (Å²) in [5, 5.41) is 1.44. The molecule has 0 amide bonds. The van der Waals surface area contributed by atoms with Crippen LogP contribution in [0.1, 0.15) is 11.1 Å². The molecule has 0 aliphatic heterocycles. The monoisotopic (exact) mass is 301 g/mol. The van der Waals surface area contributed by atoms with E-state index in [1.54, 1.807) is 18.2 Å².